The van der Waals surface area contributed by atoms with E-state index in [1.54, 1.807) is 13.8 Å². The summed E-state index contributed by atoms with van der Waals surface area (Å²) in [5.74, 6) is -1.06. The van der Waals surface area contributed by atoms with E-state index in [0.29, 0.717) is 11.3 Å². The summed E-state index contributed by atoms with van der Waals surface area (Å²) in [4.78, 5) is 28.1. The number of aromatic nitrogens is 1. The summed E-state index contributed by atoms with van der Waals surface area (Å²) in [5.41, 5.74) is 3.26. The van der Waals surface area contributed by atoms with Crippen molar-refractivity contribution in [3.05, 3.63) is 98.7 Å². The number of aryl methyl sites for hydroxylation is 2. The molecule has 9 heteroatoms. The van der Waals surface area contributed by atoms with Crippen molar-refractivity contribution in [2.24, 2.45) is 0 Å². The molecule has 0 bridgehead atoms. The smallest absolute Gasteiger partial charge is 0.253 e. The summed E-state index contributed by atoms with van der Waals surface area (Å²) < 4.78 is 41.3. The van der Waals surface area contributed by atoms with Crippen LogP contribution in [0.3, 0.4) is 0 Å². The van der Waals surface area contributed by atoms with Crippen LogP contribution in [0.25, 0.3) is 0 Å². The van der Waals surface area contributed by atoms with Gasteiger partial charge in [0.2, 0.25) is 15.9 Å². The van der Waals surface area contributed by atoms with Crippen molar-refractivity contribution in [2.75, 3.05) is 0 Å². The lowest BCUT2D eigenvalue weighted by Crippen LogP contribution is -2.52. The third-order valence-corrected chi connectivity index (χ3v) is 7.73. The fraction of sp³-hybridized carbons (Fsp3) is 0.250. The third kappa shape index (κ3) is 4.60. The average Bonchev–Trinajstić information content (AvgIpc) is 2.77. The van der Waals surface area contributed by atoms with Crippen molar-refractivity contribution < 1.29 is 17.6 Å². The van der Waals surface area contributed by atoms with E-state index in [4.69, 9.17) is 0 Å². The highest BCUT2D eigenvalue weighted by Crippen LogP contribution is 2.29. The number of amides is 1. The number of halogens is 1. The molecule has 1 amide bonds. The topological polar surface area (TPSA) is 99.3 Å². The number of nitrogens with zero attached hydrogens (tertiary/aromatic N) is 1. The van der Waals surface area contributed by atoms with E-state index in [0.717, 1.165) is 33.1 Å². The lowest BCUT2D eigenvalue weighted by atomic mass is 9.95. The molecule has 33 heavy (non-hydrogen) atoms. The van der Waals surface area contributed by atoms with Gasteiger partial charge in [0.1, 0.15) is 11.9 Å². The van der Waals surface area contributed by atoms with Crippen LogP contribution in [-0.4, -0.2) is 29.7 Å². The van der Waals surface area contributed by atoms with Crippen LogP contribution >= 0.6 is 0 Å². The van der Waals surface area contributed by atoms with Gasteiger partial charge in [-0.2, -0.15) is 4.31 Å². The van der Waals surface area contributed by atoms with Gasteiger partial charge in [0.25, 0.3) is 5.56 Å². The lowest BCUT2D eigenvalue weighted by Gasteiger charge is -2.35. The van der Waals surface area contributed by atoms with E-state index >= 15 is 0 Å². The van der Waals surface area contributed by atoms with Gasteiger partial charge in [-0.3, -0.25) is 9.59 Å². The molecule has 4 rings (SSSR count). The van der Waals surface area contributed by atoms with Crippen molar-refractivity contribution >= 4 is 15.9 Å². The number of carbonyl (C=O) groups is 1. The molecular formula is C24H24FN3O4S. The SMILES string of the molecule is Cc1cc(C)c(CNC(=O)C2Cc3ccccc3CN2S(=O)(=O)c2ccc(F)cc2)c(=O)[nH]1. The Morgan fingerprint density at radius 1 is 1.12 bits per heavy atom. The predicted octanol–water partition coefficient (Wildman–Crippen LogP) is 2.56. The van der Waals surface area contributed by atoms with Crippen molar-refractivity contribution in [2.45, 2.75) is 44.3 Å². The van der Waals surface area contributed by atoms with Crippen LogP contribution < -0.4 is 10.9 Å². The van der Waals surface area contributed by atoms with Gasteiger partial charge in [0.05, 0.1) is 4.90 Å². The van der Waals surface area contributed by atoms with E-state index < -0.39 is 27.8 Å². The number of sulfonamides is 1. The maximum Gasteiger partial charge on any atom is 0.253 e. The zero-order valence-electron chi connectivity index (χ0n) is 18.3. The minimum atomic E-state index is -4.08. The van der Waals surface area contributed by atoms with Crippen LogP contribution in [0.2, 0.25) is 0 Å². The number of carbonyl (C=O) groups excluding carboxylic acids is 1. The molecule has 1 aliphatic rings. The number of hydrogen-bond donors (Lipinski definition) is 2. The van der Waals surface area contributed by atoms with Crippen LogP contribution in [0.5, 0.6) is 0 Å². The maximum absolute atomic E-state index is 13.4. The Bertz CT molecular complexity index is 1370. The Kier molecular flexibility index (Phi) is 6.18. The standard InChI is InChI=1S/C24H24FN3O4S/c1-15-11-16(2)27-23(29)21(15)13-26-24(30)22-12-17-5-3-4-6-18(17)14-28(22)33(31,32)20-9-7-19(25)8-10-20/h3-11,22H,12-14H2,1-2H3,(H,26,30)(H,27,29). The number of rotatable bonds is 5. The summed E-state index contributed by atoms with van der Waals surface area (Å²) in [7, 11) is -4.08. The van der Waals surface area contributed by atoms with Gasteiger partial charge in [-0.05, 0) is 67.3 Å². The molecule has 3 aromatic rings. The molecule has 2 N–H and O–H groups in total. The molecule has 0 saturated heterocycles. The van der Waals surface area contributed by atoms with Gasteiger partial charge in [-0.25, -0.2) is 12.8 Å². The van der Waals surface area contributed by atoms with Crippen LogP contribution in [0.15, 0.2) is 64.3 Å². The number of H-pyrrole nitrogens is 1. The van der Waals surface area contributed by atoms with E-state index in [1.807, 2.05) is 30.3 Å². The Morgan fingerprint density at radius 3 is 2.45 bits per heavy atom. The Morgan fingerprint density at radius 2 is 1.79 bits per heavy atom. The minimum absolute atomic E-state index is 0.0120. The summed E-state index contributed by atoms with van der Waals surface area (Å²) in [5, 5.41) is 2.74. The summed E-state index contributed by atoms with van der Waals surface area (Å²) >= 11 is 0. The van der Waals surface area contributed by atoms with Crippen LogP contribution in [0.1, 0.15) is 27.9 Å². The summed E-state index contributed by atoms with van der Waals surface area (Å²) in [6.07, 6.45) is 0.186. The minimum Gasteiger partial charge on any atom is -0.350 e. The number of pyridine rings is 1. The van der Waals surface area contributed by atoms with Crippen molar-refractivity contribution in [3.8, 4) is 0 Å². The first-order valence-electron chi connectivity index (χ1n) is 10.5. The molecule has 7 nitrogen and oxygen atoms in total. The Labute approximate surface area is 191 Å². The van der Waals surface area contributed by atoms with Crippen LogP contribution in [0, 0.1) is 19.7 Å². The fourth-order valence-corrected chi connectivity index (χ4v) is 5.68. The molecule has 2 heterocycles. The van der Waals surface area contributed by atoms with Crippen molar-refractivity contribution in [1.82, 2.24) is 14.6 Å². The van der Waals surface area contributed by atoms with Gasteiger partial charge in [0.15, 0.2) is 0 Å². The number of aromatic amines is 1. The second-order valence-corrected chi connectivity index (χ2v) is 10.0. The molecule has 172 valence electrons. The van der Waals surface area contributed by atoms with E-state index in [2.05, 4.69) is 10.3 Å². The molecule has 0 aliphatic carbocycles. The quantitative estimate of drug-likeness (QED) is 0.600. The molecular weight excluding hydrogens is 445 g/mol. The van der Waals surface area contributed by atoms with E-state index in [1.165, 1.54) is 12.1 Å². The fourth-order valence-electron chi connectivity index (χ4n) is 4.11. The molecule has 0 saturated carbocycles. The Balaban J connectivity index is 1.66. The average molecular weight is 470 g/mol. The summed E-state index contributed by atoms with van der Waals surface area (Å²) in [6, 6.07) is 12.7. The molecule has 0 spiro atoms. The molecule has 1 atom stereocenters. The zero-order chi connectivity index (χ0) is 23.8. The molecule has 2 aromatic carbocycles. The highest BCUT2D eigenvalue weighted by atomic mass is 32.2. The highest BCUT2D eigenvalue weighted by molar-refractivity contribution is 7.89. The third-order valence-electron chi connectivity index (χ3n) is 5.86. The molecule has 1 unspecified atom stereocenters. The number of hydrogen-bond acceptors (Lipinski definition) is 4. The zero-order valence-corrected chi connectivity index (χ0v) is 19.1. The van der Waals surface area contributed by atoms with Crippen LogP contribution in [-0.2, 0) is 34.3 Å². The monoisotopic (exact) mass is 469 g/mol. The number of nitrogens with one attached hydrogen (secondary N) is 2. The Hall–Kier alpha value is -3.30. The lowest BCUT2D eigenvalue weighted by molar-refractivity contribution is -0.125. The first kappa shape index (κ1) is 22.9. The summed E-state index contributed by atoms with van der Waals surface area (Å²) in [6.45, 7) is 3.54. The van der Waals surface area contributed by atoms with E-state index in [9.17, 15) is 22.4 Å². The number of fused-ring (bicyclic) bond motifs is 1. The molecule has 0 fully saturated rings. The largest absolute Gasteiger partial charge is 0.350 e. The number of benzene rings is 2. The van der Waals surface area contributed by atoms with Gasteiger partial charge in [-0.1, -0.05) is 24.3 Å². The predicted molar refractivity (Wildman–Crippen MR) is 121 cm³/mol. The maximum atomic E-state index is 13.4. The van der Waals surface area contributed by atoms with Crippen molar-refractivity contribution in [1.29, 1.82) is 0 Å². The first-order chi connectivity index (χ1) is 15.7. The molecule has 1 aliphatic heterocycles. The second kappa shape index (κ2) is 8.92. The van der Waals surface area contributed by atoms with E-state index in [-0.39, 0.29) is 30.0 Å². The molecule has 1 aromatic heterocycles. The van der Waals surface area contributed by atoms with Gasteiger partial charge >= 0.3 is 0 Å². The second-order valence-electron chi connectivity index (χ2n) is 8.15. The first-order valence-corrected chi connectivity index (χ1v) is 11.9. The van der Waals surface area contributed by atoms with Crippen molar-refractivity contribution in [3.63, 3.8) is 0 Å². The molecule has 0 radical (unpaired) electrons. The van der Waals surface area contributed by atoms with Gasteiger partial charge < -0.3 is 10.3 Å². The normalized spacial score (nSPS) is 16.3. The highest BCUT2D eigenvalue weighted by Gasteiger charge is 2.39. The van der Waals surface area contributed by atoms with Gasteiger partial charge in [-0.15, -0.1) is 0 Å². The van der Waals surface area contributed by atoms with Gasteiger partial charge in [0, 0.05) is 24.3 Å². The van der Waals surface area contributed by atoms with Crippen LogP contribution in [0.4, 0.5) is 4.39 Å².